The first-order valence-electron chi connectivity index (χ1n) is 6.54. The maximum absolute atomic E-state index is 11.5. The highest BCUT2D eigenvalue weighted by Crippen LogP contribution is 2.27. The number of nitrogens with one attached hydrogen (secondary N) is 1. The van der Waals surface area contributed by atoms with Gasteiger partial charge >= 0.3 is 5.97 Å². The molecule has 0 bridgehead atoms. The van der Waals surface area contributed by atoms with Gasteiger partial charge in [0.05, 0.1) is 5.69 Å². The van der Waals surface area contributed by atoms with E-state index < -0.39 is 5.97 Å². The molecular weight excluding hydrogens is 288 g/mol. The number of aromatic nitrogens is 3. The molecule has 6 nitrogen and oxygen atoms in total. The smallest absolute Gasteiger partial charge is 0.356 e. The van der Waals surface area contributed by atoms with Gasteiger partial charge in [0.15, 0.2) is 16.6 Å². The Kier molecular flexibility index (Phi) is 3.34. The van der Waals surface area contributed by atoms with Crippen LogP contribution in [-0.2, 0) is 6.42 Å². The van der Waals surface area contributed by atoms with Crippen molar-refractivity contribution in [3.63, 3.8) is 0 Å². The third-order valence-corrected chi connectivity index (χ3v) is 4.11. The molecule has 0 spiro atoms. The van der Waals surface area contributed by atoms with Crippen LogP contribution in [0.3, 0.4) is 0 Å². The van der Waals surface area contributed by atoms with Crippen LogP contribution in [-0.4, -0.2) is 25.4 Å². The Morgan fingerprint density at radius 1 is 1.43 bits per heavy atom. The van der Waals surface area contributed by atoms with Crippen molar-refractivity contribution in [1.82, 2.24) is 14.4 Å². The highest BCUT2D eigenvalue weighted by Gasteiger charge is 2.19. The summed E-state index contributed by atoms with van der Waals surface area (Å²) in [5.74, 6) is -0.717. The number of aromatic carboxylic acids is 1. The molecule has 3 aromatic rings. The summed E-state index contributed by atoms with van der Waals surface area (Å²) >= 11 is 1.50. The van der Waals surface area contributed by atoms with Crippen molar-refractivity contribution >= 4 is 33.9 Å². The molecule has 7 heteroatoms. The van der Waals surface area contributed by atoms with Gasteiger partial charge in [-0.05, 0) is 25.5 Å². The molecule has 0 amide bonds. The van der Waals surface area contributed by atoms with Crippen LogP contribution in [0.5, 0.6) is 0 Å². The van der Waals surface area contributed by atoms with E-state index in [9.17, 15) is 9.90 Å². The second kappa shape index (κ2) is 5.17. The molecular formula is C14H14N4O2S. The first-order valence-corrected chi connectivity index (χ1v) is 7.35. The maximum atomic E-state index is 11.5. The predicted molar refractivity (Wildman–Crippen MR) is 81.7 cm³/mol. The number of aryl methyl sites for hydroxylation is 2. The van der Waals surface area contributed by atoms with E-state index in [-0.39, 0.29) is 5.69 Å². The molecule has 0 aliphatic carbocycles. The normalized spacial score (nSPS) is 11.0. The summed E-state index contributed by atoms with van der Waals surface area (Å²) in [6.45, 7) is 4.04. The molecule has 0 unspecified atom stereocenters. The number of carbonyl (C=O) groups is 1. The summed E-state index contributed by atoms with van der Waals surface area (Å²) < 4.78 is 1.55. The maximum Gasteiger partial charge on any atom is 0.356 e. The number of fused-ring (bicyclic) bond motifs is 1. The number of imidazole rings is 1. The summed E-state index contributed by atoms with van der Waals surface area (Å²) in [6.07, 6.45) is 2.53. The first kappa shape index (κ1) is 13.6. The van der Waals surface area contributed by atoms with Crippen LogP contribution in [0.1, 0.15) is 28.0 Å². The molecule has 0 aliphatic heterocycles. The van der Waals surface area contributed by atoms with Crippen molar-refractivity contribution in [3.05, 3.63) is 40.7 Å². The van der Waals surface area contributed by atoms with E-state index in [1.54, 1.807) is 22.7 Å². The molecule has 21 heavy (non-hydrogen) atoms. The number of carboxylic acids is 1. The topological polar surface area (TPSA) is 79.5 Å². The third-order valence-electron chi connectivity index (χ3n) is 3.19. The Balaban J connectivity index is 2.07. The zero-order valence-corrected chi connectivity index (χ0v) is 12.4. The van der Waals surface area contributed by atoms with Gasteiger partial charge in [0.2, 0.25) is 0 Å². The molecule has 0 saturated heterocycles. The molecule has 0 aromatic carbocycles. The number of pyridine rings is 1. The molecule has 2 N–H and O–H groups in total. The lowest BCUT2D eigenvalue weighted by Crippen LogP contribution is -2.05. The lowest BCUT2D eigenvalue weighted by atomic mass is 10.3. The van der Waals surface area contributed by atoms with Gasteiger partial charge in [-0.25, -0.2) is 14.8 Å². The first-order chi connectivity index (χ1) is 10.1. The molecule has 0 fully saturated rings. The lowest BCUT2D eigenvalue weighted by molar-refractivity contribution is 0.0690. The van der Waals surface area contributed by atoms with Gasteiger partial charge < -0.3 is 10.4 Å². The monoisotopic (exact) mass is 302 g/mol. The highest BCUT2D eigenvalue weighted by molar-refractivity contribution is 7.15. The van der Waals surface area contributed by atoms with Gasteiger partial charge in [-0.2, -0.15) is 0 Å². The van der Waals surface area contributed by atoms with Crippen molar-refractivity contribution in [1.29, 1.82) is 0 Å². The van der Waals surface area contributed by atoms with Gasteiger partial charge in [-0.15, -0.1) is 11.3 Å². The Morgan fingerprint density at radius 3 is 2.90 bits per heavy atom. The average Bonchev–Trinajstić information content (AvgIpc) is 2.98. The van der Waals surface area contributed by atoms with E-state index in [1.807, 2.05) is 19.9 Å². The van der Waals surface area contributed by atoms with E-state index in [0.717, 1.165) is 17.0 Å². The fraction of sp³-hybridized carbons (Fsp3) is 0.214. The predicted octanol–water partition coefficient (Wildman–Crippen LogP) is 3.10. The molecule has 108 valence electrons. The minimum absolute atomic E-state index is 0.108. The van der Waals surface area contributed by atoms with E-state index in [0.29, 0.717) is 16.6 Å². The molecule has 3 aromatic heterocycles. The van der Waals surface area contributed by atoms with Crippen molar-refractivity contribution in [3.8, 4) is 0 Å². The SMILES string of the molecule is CCc1nc(Nc2nc3ccccn3c2C(=O)O)sc1C. The Hall–Kier alpha value is -2.41. The Labute approximate surface area is 125 Å². The fourth-order valence-electron chi connectivity index (χ4n) is 2.20. The molecule has 0 atom stereocenters. The molecule has 0 radical (unpaired) electrons. The highest BCUT2D eigenvalue weighted by atomic mass is 32.1. The quantitative estimate of drug-likeness (QED) is 0.774. The fourth-order valence-corrected chi connectivity index (χ4v) is 3.10. The van der Waals surface area contributed by atoms with Crippen molar-refractivity contribution in [2.45, 2.75) is 20.3 Å². The largest absolute Gasteiger partial charge is 0.476 e. The Bertz CT molecular complexity index is 822. The van der Waals surface area contributed by atoms with Crippen LogP contribution in [0.2, 0.25) is 0 Å². The number of thiazole rings is 1. The van der Waals surface area contributed by atoms with Crippen molar-refractivity contribution < 1.29 is 9.90 Å². The summed E-state index contributed by atoms with van der Waals surface area (Å²) in [4.78, 5) is 21.4. The van der Waals surface area contributed by atoms with E-state index >= 15 is 0 Å². The Morgan fingerprint density at radius 2 is 2.24 bits per heavy atom. The van der Waals surface area contributed by atoms with Crippen LogP contribution < -0.4 is 5.32 Å². The van der Waals surface area contributed by atoms with Gasteiger partial charge in [0, 0.05) is 11.1 Å². The number of carboxylic acid groups (broad SMARTS) is 1. The lowest BCUT2D eigenvalue weighted by Gasteiger charge is -2.00. The summed E-state index contributed by atoms with van der Waals surface area (Å²) in [5.41, 5.74) is 1.71. The zero-order chi connectivity index (χ0) is 15.0. The number of nitrogens with zero attached hydrogens (tertiary/aromatic N) is 3. The van der Waals surface area contributed by atoms with Crippen LogP contribution in [0, 0.1) is 6.92 Å². The van der Waals surface area contributed by atoms with Crippen LogP contribution in [0.15, 0.2) is 24.4 Å². The van der Waals surface area contributed by atoms with E-state index in [1.165, 1.54) is 11.3 Å². The number of hydrogen-bond donors (Lipinski definition) is 2. The summed E-state index contributed by atoms with van der Waals surface area (Å²) in [6, 6.07) is 5.36. The standard InChI is InChI=1S/C14H14N4O2S/c1-3-9-8(2)21-14(15-9)17-12-11(13(19)20)18-7-5-4-6-10(18)16-12/h4-7H,3H2,1-2H3,(H,15,17)(H,19,20). The van der Waals surface area contributed by atoms with Crippen LogP contribution >= 0.6 is 11.3 Å². The van der Waals surface area contributed by atoms with Crippen LogP contribution in [0.25, 0.3) is 5.65 Å². The van der Waals surface area contributed by atoms with Gasteiger partial charge in [-0.1, -0.05) is 13.0 Å². The second-order valence-electron chi connectivity index (χ2n) is 4.54. The van der Waals surface area contributed by atoms with Crippen molar-refractivity contribution in [2.75, 3.05) is 5.32 Å². The second-order valence-corrected chi connectivity index (χ2v) is 5.75. The van der Waals surface area contributed by atoms with E-state index in [4.69, 9.17) is 0 Å². The van der Waals surface area contributed by atoms with Crippen LogP contribution in [0.4, 0.5) is 10.9 Å². The van der Waals surface area contributed by atoms with Gasteiger partial charge in [-0.3, -0.25) is 4.40 Å². The molecule has 3 heterocycles. The number of anilines is 2. The number of hydrogen-bond acceptors (Lipinski definition) is 5. The molecule has 3 rings (SSSR count). The minimum Gasteiger partial charge on any atom is -0.476 e. The molecule has 0 saturated carbocycles. The van der Waals surface area contributed by atoms with Gasteiger partial charge in [0.25, 0.3) is 0 Å². The number of rotatable bonds is 4. The summed E-state index contributed by atoms with van der Waals surface area (Å²) in [5, 5.41) is 13.1. The third kappa shape index (κ3) is 2.36. The average molecular weight is 302 g/mol. The van der Waals surface area contributed by atoms with Gasteiger partial charge in [0.1, 0.15) is 5.65 Å². The van der Waals surface area contributed by atoms with E-state index in [2.05, 4.69) is 15.3 Å². The summed E-state index contributed by atoms with van der Waals surface area (Å²) in [7, 11) is 0. The minimum atomic E-state index is -1.03. The van der Waals surface area contributed by atoms with Crippen molar-refractivity contribution in [2.24, 2.45) is 0 Å². The zero-order valence-electron chi connectivity index (χ0n) is 11.6. The molecule has 0 aliphatic rings.